The van der Waals surface area contributed by atoms with Gasteiger partial charge in [-0.2, -0.15) is 0 Å². The van der Waals surface area contributed by atoms with Crippen LogP contribution in [0.5, 0.6) is 0 Å². The fourth-order valence-electron chi connectivity index (χ4n) is 19.5. The van der Waals surface area contributed by atoms with Crippen LogP contribution < -0.4 is 16.0 Å². The molecular weight excluding hydrogens is 1300 g/mol. The van der Waals surface area contributed by atoms with Gasteiger partial charge in [0, 0.05) is 97.2 Å². The van der Waals surface area contributed by atoms with Gasteiger partial charge in [-0.05, 0) is 384 Å². The molecule has 0 amide bonds. The predicted molar refractivity (Wildman–Crippen MR) is 464 cm³/mol. The second-order valence-corrected chi connectivity index (χ2v) is 37.9. The summed E-state index contributed by atoms with van der Waals surface area (Å²) >= 11 is 0. The number of nitrogens with one attached hydrogen (secondary N) is 3. The Labute approximate surface area is 660 Å². The molecule has 0 bridgehead atoms. The molecular formula is C91H183N15. The average molecular weight is 1490 g/mol. The lowest BCUT2D eigenvalue weighted by atomic mass is 9.72. The first-order valence-corrected chi connectivity index (χ1v) is 46.1. The van der Waals surface area contributed by atoms with Gasteiger partial charge in [-0.3, -0.25) is 9.80 Å². The third kappa shape index (κ3) is 41.8. The van der Waals surface area contributed by atoms with E-state index in [1.807, 2.05) is 0 Å². The van der Waals surface area contributed by atoms with Gasteiger partial charge >= 0.3 is 0 Å². The standard InChI is InChI=1S/C10H20N2.C9H18N2.C9H17N.C8H16N2.C7H14N2.C7H15N.C7H14.2C7H12.C6H13N.C5H12N2.C5H11N.C4H9N/c1-12-8-4-10(5-9-12)2-6-11-7-3-10;1-10-6-7-11-5-3-2-4-9(11)8-10;1-10-7-6-9(8-10)4-2-3-5-9;1-9-5-6-10-4-2-3-8(10)7-9;1-9-4-6-2-8-3-7(6)5-9;1-8-6-4-2-3-5-7-8;4*1-7-5-3-2-4-6-7;1-7-4-2-6-3-5-7;1-6-4-2-3-5-6;1-5-3-2-4-5/h11H,2-9H2,1H3;9H,2-8H2,1H3;2-8H2,1H3;8H,2-7H2,1H3;6-8H,2-5H2,1H3;2-7H2,1H3;7H,2-6H2,1H3;5H,2-4,6H2,1H3;3,5,7H,2,4,6H2,1H3;2-6H2,1H3;6H,2-5H2,1H3;2-5H2,1H3;2-4H2,1H3. The van der Waals surface area contributed by atoms with Gasteiger partial charge in [-0.15, -0.1) is 0 Å². The van der Waals surface area contributed by atoms with Crippen LogP contribution in [0, 0.1) is 34.5 Å². The fraction of sp³-hybridized carbons (Fsp3) is 0.956. The van der Waals surface area contributed by atoms with Crippen LogP contribution in [0.4, 0.5) is 0 Å². The van der Waals surface area contributed by atoms with Crippen LogP contribution in [0.25, 0.3) is 0 Å². The Morgan fingerprint density at radius 1 is 0.311 bits per heavy atom. The molecule has 4 aliphatic carbocycles. The highest BCUT2D eigenvalue weighted by Gasteiger charge is 2.39. The molecule has 16 fully saturated rings. The van der Waals surface area contributed by atoms with E-state index in [1.54, 1.807) is 5.57 Å². The Balaban J connectivity index is 0.000000181. The summed E-state index contributed by atoms with van der Waals surface area (Å²) in [5.41, 5.74) is 3.11. The minimum Gasteiger partial charge on any atom is -0.317 e. The van der Waals surface area contributed by atoms with Crippen LogP contribution in [-0.2, 0) is 0 Å². The third-order valence-corrected chi connectivity index (χ3v) is 27.5. The van der Waals surface area contributed by atoms with Crippen LogP contribution >= 0.6 is 0 Å². The lowest BCUT2D eigenvalue weighted by molar-refractivity contribution is 0.0623. The van der Waals surface area contributed by atoms with Crippen molar-refractivity contribution >= 4 is 0 Å². The summed E-state index contributed by atoms with van der Waals surface area (Å²) in [4.78, 5) is 29.4. The number of hydrogen-bond donors (Lipinski definition) is 3. The zero-order chi connectivity index (χ0) is 75.9. The van der Waals surface area contributed by atoms with Gasteiger partial charge in [-0.25, -0.2) is 0 Å². The average Bonchev–Trinajstić information content (AvgIpc) is 1.29. The summed E-state index contributed by atoms with van der Waals surface area (Å²) in [6.07, 6.45) is 58.6. The number of piperidine rings is 4. The van der Waals surface area contributed by atoms with Crippen molar-refractivity contribution in [3.8, 4) is 0 Å². The summed E-state index contributed by atoms with van der Waals surface area (Å²) in [6.45, 7) is 45.7. The molecule has 0 aromatic heterocycles. The van der Waals surface area contributed by atoms with E-state index in [4.69, 9.17) is 0 Å². The minimum atomic E-state index is 0.734. The molecule has 0 radical (unpaired) electrons. The van der Waals surface area contributed by atoms with Gasteiger partial charge in [-0.1, -0.05) is 108 Å². The monoisotopic (exact) mass is 1490 g/mol. The number of likely N-dealkylation sites (tertiary alicyclic amines) is 7. The molecule has 622 valence electrons. The maximum atomic E-state index is 3.45. The summed E-state index contributed by atoms with van der Waals surface area (Å²) in [6, 6.07) is 1.79. The lowest BCUT2D eigenvalue weighted by Gasteiger charge is -2.43. The van der Waals surface area contributed by atoms with E-state index in [2.05, 4.69) is 184 Å². The quantitative estimate of drug-likeness (QED) is 0.201. The molecule has 106 heavy (non-hydrogen) atoms. The van der Waals surface area contributed by atoms with Gasteiger partial charge in [0.25, 0.3) is 0 Å². The number of allylic oxidation sites excluding steroid dienone is 4. The zero-order valence-corrected chi connectivity index (χ0v) is 73.2. The highest BCUT2D eigenvalue weighted by atomic mass is 15.3. The number of rotatable bonds is 0. The molecule has 2 saturated carbocycles. The van der Waals surface area contributed by atoms with Crippen LogP contribution in [0.3, 0.4) is 0 Å². The van der Waals surface area contributed by atoms with Gasteiger partial charge in [0.2, 0.25) is 0 Å². The van der Waals surface area contributed by atoms with E-state index < -0.39 is 0 Å². The highest BCUT2D eigenvalue weighted by Crippen LogP contribution is 2.45. The molecule has 3 N–H and O–H groups in total. The summed E-state index contributed by atoms with van der Waals surface area (Å²) < 4.78 is 0. The molecule has 14 saturated heterocycles. The first-order chi connectivity index (χ1) is 51.3. The molecule has 5 atom stereocenters. The van der Waals surface area contributed by atoms with Crippen LogP contribution in [0.15, 0.2) is 23.8 Å². The van der Waals surface area contributed by atoms with Crippen molar-refractivity contribution in [2.24, 2.45) is 34.5 Å². The largest absolute Gasteiger partial charge is 0.317 e. The van der Waals surface area contributed by atoms with E-state index >= 15 is 0 Å². The molecule has 5 unspecified atom stereocenters. The molecule has 0 aromatic carbocycles. The molecule has 14 heterocycles. The number of piperazine rings is 3. The Kier molecular flexibility index (Phi) is 49.7. The number of hydrogen-bond acceptors (Lipinski definition) is 15. The van der Waals surface area contributed by atoms with Gasteiger partial charge < -0.3 is 64.9 Å². The first-order valence-electron chi connectivity index (χ1n) is 46.1. The minimum absolute atomic E-state index is 0.734. The van der Waals surface area contributed by atoms with Gasteiger partial charge in [0.1, 0.15) is 0 Å². The maximum absolute atomic E-state index is 3.45. The Bertz CT molecular complexity index is 2070. The van der Waals surface area contributed by atoms with Crippen LogP contribution in [0.1, 0.15) is 252 Å². The second kappa shape index (κ2) is 56.2. The van der Waals surface area contributed by atoms with Crippen LogP contribution in [-0.4, -0.2) is 338 Å². The Morgan fingerprint density at radius 2 is 0.755 bits per heavy atom. The normalized spacial score (nSPS) is 30.3. The molecule has 18 rings (SSSR count). The van der Waals surface area contributed by atoms with Crippen molar-refractivity contribution in [1.82, 2.24) is 74.7 Å². The first kappa shape index (κ1) is 93.7. The zero-order valence-electron chi connectivity index (χ0n) is 73.2. The molecule has 15 nitrogen and oxygen atoms in total. The Morgan fingerprint density at radius 3 is 1.16 bits per heavy atom. The molecule has 2 spiro atoms. The van der Waals surface area contributed by atoms with Crippen molar-refractivity contribution in [3.05, 3.63) is 23.8 Å². The van der Waals surface area contributed by atoms with Crippen molar-refractivity contribution in [2.45, 2.75) is 264 Å². The second-order valence-electron chi connectivity index (χ2n) is 37.9. The number of likely N-dealkylation sites (N-methyl/N-ethyl adjacent to an activating group) is 3. The van der Waals surface area contributed by atoms with Crippen molar-refractivity contribution in [1.29, 1.82) is 0 Å². The van der Waals surface area contributed by atoms with Crippen molar-refractivity contribution in [3.63, 3.8) is 0 Å². The predicted octanol–water partition coefficient (Wildman–Crippen LogP) is 14.5. The molecule has 0 aromatic rings. The Hall–Kier alpha value is -1.12. The third-order valence-electron chi connectivity index (χ3n) is 27.5. The van der Waals surface area contributed by atoms with E-state index in [0.29, 0.717) is 0 Å². The maximum Gasteiger partial charge on any atom is 0.0224 e. The molecule has 15 heteroatoms. The fourth-order valence-corrected chi connectivity index (χ4v) is 19.5. The topological polar surface area (TPSA) is 75.0 Å². The van der Waals surface area contributed by atoms with E-state index in [9.17, 15) is 0 Å². The lowest BCUT2D eigenvalue weighted by Crippen LogP contribution is -2.53. The van der Waals surface area contributed by atoms with E-state index in [1.165, 1.54) is 414 Å². The molecule has 18 aliphatic rings. The van der Waals surface area contributed by atoms with Gasteiger partial charge in [0.15, 0.2) is 0 Å². The smallest absolute Gasteiger partial charge is 0.0224 e. The van der Waals surface area contributed by atoms with Crippen molar-refractivity contribution in [2.75, 3.05) is 267 Å². The van der Waals surface area contributed by atoms with Gasteiger partial charge in [0.05, 0.1) is 0 Å². The van der Waals surface area contributed by atoms with E-state index in [0.717, 1.165) is 59.7 Å². The summed E-state index contributed by atoms with van der Waals surface area (Å²) in [7, 11) is 22.1. The molecule has 14 aliphatic heterocycles. The summed E-state index contributed by atoms with van der Waals surface area (Å²) in [5.74, 6) is 3.83. The van der Waals surface area contributed by atoms with E-state index in [-0.39, 0.29) is 0 Å². The number of fused-ring (bicyclic) bond motifs is 3. The van der Waals surface area contributed by atoms with Crippen LogP contribution in [0.2, 0.25) is 0 Å². The van der Waals surface area contributed by atoms with Crippen molar-refractivity contribution < 1.29 is 0 Å². The highest BCUT2D eigenvalue weighted by molar-refractivity contribution is 5.00. The number of nitrogens with zero attached hydrogens (tertiary/aromatic N) is 12. The SMILES string of the molecule is CC1=CCCCC1.CC1C=CCCC1.CC1CCCCC1.CN1CC2CNCC2C1.CN1CCC1.CN1CCC2(CCCC2)C1.CN1CCC2(CCNCC2)CC1.CN1CCCC1.CN1CCCCC1.CN1CCCCCC1.CN1CCN2CCCC2C1.CN1CCN2CCCCC2C1.CN1CCNCC1. The summed E-state index contributed by atoms with van der Waals surface area (Å²) in [5, 5.41) is 10.1.